The molecule has 6 aromatic rings. The van der Waals surface area contributed by atoms with Crippen LogP contribution in [0.2, 0.25) is 0 Å². The summed E-state index contributed by atoms with van der Waals surface area (Å²) in [6.07, 6.45) is 1.89. The summed E-state index contributed by atoms with van der Waals surface area (Å²) < 4.78 is 12.3. The minimum Gasteiger partial charge on any atom is -0.494 e. The van der Waals surface area contributed by atoms with Gasteiger partial charge in [0.2, 0.25) is 0 Å². The molecule has 0 aliphatic heterocycles. The van der Waals surface area contributed by atoms with Gasteiger partial charge in [0.1, 0.15) is 11.5 Å². The standard InChI is InChI=1S/C51H58N4O2/c1-13-27-56-39-21-17-37(18-22-39)51(38-19-23-40(24-20-38)57-28-14-2)43-29-35(45-31(3)33(5)47(54-52-45)49(7,8)9)15-25-41(43)42-26-16-36(30-44(42)51)46-32(4)34(6)48(55-53-46)50(10,11)12/h15-26,29-30H,13-14,27-28H2,1-12H3. The highest BCUT2D eigenvalue weighted by molar-refractivity contribution is 5.90. The van der Waals surface area contributed by atoms with Crippen LogP contribution in [-0.2, 0) is 16.2 Å². The highest BCUT2D eigenvalue weighted by Gasteiger charge is 2.47. The van der Waals surface area contributed by atoms with Crippen LogP contribution in [0.1, 0.15) is 124 Å². The summed E-state index contributed by atoms with van der Waals surface area (Å²) >= 11 is 0. The maximum Gasteiger partial charge on any atom is 0.119 e. The normalized spacial score (nSPS) is 13.3. The Labute approximate surface area is 340 Å². The van der Waals surface area contributed by atoms with E-state index < -0.39 is 5.41 Å². The molecule has 294 valence electrons. The van der Waals surface area contributed by atoms with Crippen LogP contribution in [0.4, 0.5) is 0 Å². The van der Waals surface area contributed by atoms with Gasteiger partial charge in [-0.1, -0.05) is 104 Å². The summed E-state index contributed by atoms with van der Waals surface area (Å²) in [6, 6.07) is 31.1. The molecular weight excluding hydrogens is 701 g/mol. The van der Waals surface area contributed by atoms with Crippen molar-refractivity contribution < 1.29 is 9.47 Å². The number of fused-ring (bicyclic) bond motifs is 3. The lowest BCUT2D eigenvalue weighted by atomic mass is 9.67. The van der Waals surface area contributed by atoms with Gasteiger partial charge in [0.05, 0.1) is 41.4 Å². The summed E-state index contributed by atoms with van der Waals surface area (Å²) in [5.41, 5.74) is 16.7. The first-order valence-electron chi connectivity index (χ1n) is 20.6. The molecule has 0 atom stereocenters. The maximum atomic E-state index is 6.13. The van der Waals surface area contributed by atoms with Crippen LogP contribution >= 0.6 is 0 Å². The van der Waals surface area contributed by atoms with E-state index in [1.165, 1.54) is 33.4 Å². The summed E-state index contributed by atoms with van der Waals surface area (Å²) in [6.45, 7) is 27.5. The first kappa shape index (κ1) is 39.9. The van der Waals surface area contributed by atoms with Crippen LogP contribution in [-0.4, -0.2) is 33.6 Å². The molecule has 0 radical (unpaired) electrons. The van der Waals surface area contributed by atoms with Gasteiger partial charge in [0.15, 0.2) is 0 Å². The topological polar surface area (TPSA) is 70.0 Å². The Morgan fingerprint density at radius 1 is 0.474 bits per heavy atom. The average Bonchev–Trinajstić information content (AvgIpc) is 3.47. The summed E-state index contributed by atoms with van der Waals surface area (Å²) in [5, 5.41) is 19.5. The lowest BCUT2D eigenvalue weighted by Crippen LogP contribution is -2.28. The van der Waals surface area contributed by atoms with E-state index in [2.05, 4.69) is 168 Å². The molecule has 0 spiro atoms. The smallest absolute Gasteiger partial charge is 0.119 e. The number of nitrogens with zero attached hydrogens (tertiary/aromatic N) is 4. The van der Waals surface area contributed by atoms with Crippen molar-refractivity contribution >= 4 is 0 Å². The molecule has 2 aromatic heterocycles. The van der Waals surface area contributed by atoms with Crippen LogP contribution in [0.25, 0.3) is 33.6 Å². The van der Waals surface area contributed by atoms with Gasteiger partial charge >= 0.3 is 0 Å². The Morgan fingerprint density at radius 3 is 1.18 bits per heavy atom. The number of rotatable bonds is 10. The van der Waals surface area contributed by atoms with Gasteiger partial charge in [0.25, 0.3) is 0 Å². The first-order valence-corrected chi connectivity index (χ1v) is 20.6. The molecule has 0 unspecified atom stereocenters. The highest BCUT2D eigenvalue weighted by Crippen LogP contribution is 2.58. The predicted octanol–water partition coefficient (Wildman–Crippen LogP) is 12.4. The lowest BCUT2D eigenvalue weighted by molar-refractivity contribution is 0.317. The zero-order valence-corrected chi connectivity index (χ0v) is 36.0. The number of hydrogen-bond acceptors (Lipinski definition) is 6. The van der Waals surface area contributed by atoms with Gasteiger partial charge in [-0.25, -0.2) is 0 Å². The van der Waals surface area contributed by atoms with E-state index in [0.717, 1.165) is 80.5 Å². The summed E-state index contributed by atoms with van der Waals surface area (Å²) in [4.78, 5) is 0. The molecular formula is C51H58N4O2. The third-order valence-corrected chi connectivity index (χ3v) is 11.7. The van der Waals surface area contributed by atoms with Crippen molar-refractivity contribution in [3.63, 3.8) is 0 Å². The van der Waals surface area contributed by atoms with E-state index in [0.29, 0.717) is 13.2 Å². The fourth-order valence-electron chi connectivity index (χ4n) is 8.63. The van der Waals surface area contributed by atoms with Crippen LogP contribution < -0.4 is 9.47 Å². The van der Waals surface area contributed by atoms with Crippen molar-refractivity contribution in [1.29, 1.82) is 0 Å². The molecule has 1 aliphatic carbocycles. The Hall–Kier alpha value is -5.36. The second-order valence-electron chi connectivity index (χ2n) is 17.8. The molecule has 0 bridgehead atoms. The van der Waals surface area contributed by atoms with Gasteiger partial charge in [-0.15, -0.1) is 10.2 Å². The van der Waals surface area contributed by atoms with E-state index in [9.17, 15) is 0 Å². The maximum absolute atomic E-state index is 6.13. The molecule has 2 heterocycles. The third kappa shape index (κ3) is 7.02. The Morgan fingerprint density at radius 2 is 0.842 bits per heavy atom. The van der Waals surface area contributed by atoms with E-state index >= 15 is 0 Å². The first-order chi connectivity index (χ1) is 27.1. The van der Waals surface area contributed by atoms with Crippen molar-refractivity contribution in [1.82, 2.24) is 20.4 Å². The minimum atomic E-state index is -0.702. The monoisotopic (exact) mass is 758 g/mol. The minimum absolute atomic E-state index is 0.110. The Bertz CT molecular complexity index is 2260. The number of aromatic nitrogens is 4. The van der Waals surface area contributed by atoms with Crippen LogP contribution in [0, 0.1) is 27.7 Å². The molecule has 0 amide bonds. The number of benzene rings is 4. The molecule has 4 aromatic carbocycles. The van der Waals surface area contributed by atoms with Gasteiger partial charge in [-0.3, -0.25) is 0 Å². The van der Waals surface area contributed by atoms with Crippen molar-refractivity contribution in [3.8, 4) is 45.1 Å². The molecule has 7 rings (SSSR count). The molecule has 0 saturated heterocycles. The second-order valence-corrected chi connectivity index (χ2v) is 17.8. The van der Waals surface area contributed by atoms with E-state index in [-0.39, 0.29) is 10.8 Å². The summed E-state index contributed by atoms with van der Waals surface area (Å²) in [7, 11) is 0. The highest BCUT2D eigenvalue weighted by atomic mass is 16.5. The molecule has 6 heteroatoms. The number of ether oxygens (including phenoxy) is 2. The fraction of sp³-hybridized carbons (Fsp3) is 0.373. The van der Waals surface area contributed by atoms with Gasteiger partial charge in [0, 0.05) is 22.0 Å². The molecule has 0 N–H and O–H groups in total. The van der Waals surface area contributed by atoms with Crippen molar-refractivity contribution in [3.05, 3.63) is 141 Å². The number of hydrogen-bond donors (Lipinski definition) is 0. The zero-order chi connectivity index (χ0) is 40.9. The third-order valence-electron chi connectivity index (χ3n) is 11.7. The lowest BCUT2D eigenvalue weighted by Gasteiger charge is -2.34. The van der Waals surface area contributed by atoms with E-state index in [1.807, 2.05) is 0 Å². The molecule has 57 heavy (non-hydrogen) atoms. The van der Waals surface area contributed by atoms with E-state index in [1.54, 1.807) is 0 Å². The quantitative estimate of drug-likeness (QED) is 0.138. The average molecular weight is 759 g/mol. The largest absolute Gasteiger partial charge is 0.494 e. The molecule has 0 saturated carbocycles. The molecule has 1 aliphatic rings. The fourth-order valence-corrected chi connectivity index (χ4v) is 8.63. The van der Waals surface area contributed by atoms with Crippen LogP contribution in [0.5, 0.6) is 11.5 Å². The van der Waals surface area contributed by atoms with Gasteiger partial charge in [-0.2, -0.15) is 10.2 Å². The van der Waals surface area contributed by atoms with Crippen LogP contribution in [0.3, 0.4) is 0 Å². The Balaban J connectivity index is 1.53. The zero-order valence-electron chi connectivity index (χ0n) is 36.0. The Kier molecular flexibility index (Phi) is 10.6. The SMILES string of the molecule is CCCOc1ccc(C2(c3ccc(OCCC)cc3)c3cc(-c4nnc(C(C)(C)C)c(C)c4C)ccc3-c3ccc(-c4nnc(C(C)(C)C)c(C)c4C)cc32)cc1. The van der Waals surface area contributed by atoms with Crippen molar-refractivity contribution in [2.75, 3.05) is 13.2 Å². The predicted molar refractivity (Wildman–Crippen MR) is 234 cm³/mol. The molecule has 0 fully saturated rings. The summed E-state index contributed by atoms with van der Waals surface area (Å²) in [5.74, 6) is 1.72. The van der Waals surface area contributed by atoms with Crippen molar-refractivity contribution in [2.24, 2.45) is 0 Å². The second kappa shape index (κ2) is 15.2. The van der Waals surface area contributed by atoms with Gasteiger partial charge < -0.3 is 9.47 Å². The van der Waals surface area contributed by atoms with Gasteiger partial charge in [-0.05, 0) is 133 Å². The van der Waals surface area contributed by atoms with Crippen molar-refractivity contribution in [2.45, 2.75) is 112 Å². The van der Waals surface area contributed by atoms with E-state index in [4.69, 9.17) is 29.9 Å². The molecule has 6 nitrogen and oxygen atoms in total. The van der Waals surface area contributed by atoms with Crippen LogP contribution in [0.15, 0.2) is 84.9 Å².